The average Bonchev–Trinajstić information content (AvgIpc) is 2.57. The van der Waals surface area contributed by atoms with Crippen molar-refractivity contribution in [2.75, 3.05) is 38.2 Å². The summed E-state index contributed by atoms with van der Waals surface area (Å²) in [6.07, 6.45) is 0.342. The van der Waals surface area contributed by atoms with E-state index in [0.29, 0.717) is 24.9 Å². The van der Waals surface area contributed by atoms with Crippen LogP contribution < -0.4 is 10.6 Å². The maximum Gasteiger partial charge on any atom is 0.224 e. The standard InChI is InChI=1S/C19H29N3O3/c1-14(2)18(22-8-10-25-11-9-22)13-20-19(24)12-16-4-6-17(7-5-16)21-15(3)23/h4-7,14,18H,8-13H2,1-3H3,(H,20,24)(H,21,23). The van der Waals surface area contributed by atoms with Gasteiger partial charge in [-0.1, -0.05) is 26.0 Å². The molecule has 1 heterocycles. The molecule has 0 spiro atoms. The van der Waals surface area contributed by atoms with Crippen LogP contribution in [0.15, 0.2) is 24.3 Å². The summed E-state index contributed by atoms with van der Waals surface area (Å²) in [6.45, 7) is 9.86. The summed E-state index contributed by atoms with van der Waals surface area (Å²) in [5.41, 5.74) is 1.67. The van der Waals surface area contributed by atoms with E-state index in [-0.39, 0.29) is 11.8 Å². The molecule has 0 aliphatic carbocycles. The Morgan fingerprint density at radius 3 is 2.36 bits per heavy atom. The van der Waals surface area contributed by atoms with Gasteiger partial charge in [0.15, 0.2) is 0 Å². The number of nitrogens with zero attached hydrogens (tertiary/aromatic N) is 1. The minimum absolute atomic E-state index is 0.0196. The molecule has 0 radical (unpaired) electrons. The Balaban J connectivity index is 1.83. The van der Waals surface area contributed by atoms with Crippen LogP contribution in [0.1, 0.15) is 26.3 Å². The summed E-state index contributed by atoms with van der Waals surface area (Å²) in [6, 6.07) is 7.69. The van der Waals surface area contributed by atoms with Gasteiger partial charge in [-0.05, 0) is 23.6 Å². The van der Waals surface area contributed by atoms with Crippen LogP contribution in [0, 0.1) is 5.92 Å². The lowest BCUT2D eigenvalue weighted by molar-refractivity contribution is -0.121. The van der Waals surface area contributed by atoms with Gasteiger partial charge < -0.3 is 15.4 Å². The molecule has 25 heavy (non-hydrogen) atoms. The van der Waals surface area contributed by atoms with Gasteiger partial charge in [-0.25, -0.2) is 0 Å². The largest absolute Gasteiger partial charge is 0.379 e. The molecule has 6 nitrogen and oxygen atoms in total. The zero-order valence-electron chi connectivity index (χ0n) is 15.4. The molecule has 0 saturated carbocycles. The Hall–Kier alpha value is -1.92. The van der Waals surface area contributed by atoms with Crippen LogP contribution in [0.25, 0.3) is 0 Å². The van der Waals surface area contributed by atoms with Gasteiger partial charge in [-0.3, -0.25) is 14.5 Å². The molecule has 2 rings (SSSR count). The van der Waals surface area contributed by atoms with Crippen molar-refractivity contribution in [2.45, 2.75) is 33.2 Å². The first kappa shape index (κ1) is 19.4. The summed E-state index contributed by atoms with van der Waals surface area (Å²) >= 11 is 0. The fourth-order valence-electron chi connectivity index (χ4n) is 3.07. The van der Waals surface area contributed by atoms with Crippen LogP contribution >= 0.6 is 0 Å². The molecule has 1 fully saturated rings. The van der Waals surface area contributed by atoms with Crippen LogP contribution in [0.2, 0.25) is 0 Å². The number of amides is 2. The highest BCUT2D eigenvalue weighted by molar-refractivity contribution is 5.88. The van der Waals surface area contributed by atoms with Gasteiger partial charge in [0.2, 0.25) is 11.8 Å². The molecule has 1 atom stereocenters. The lowest BCUT2D eigenvalue weighted by Crippen LogP contribution is -2.51. The normalized spacial score (nSPS) is 16.5. The molecule has 1 aromatic rings. The van der Waals surface area contributed by atoms with Crippen molar-refractivity contribution < 1.29 is 14.3 Å². The van der Waals surface area contributed by atoms with E-state index in [4.69, 9.17) is 4.74 Å². The topological polar surface area (TPSA) is 70.7 Å². The SMILES string of the molecule is CC(=O)Nc1ccc(CC(=O)NCC(C(C)C)N2CCOCC2)cc1. The third-order valence-corrected chi connectivity index (χ3v) is 4.43. The first-order valence-corrected chi connectivity index (χ1v) is 8.90. The molecule has 6 heteroatoms. The molecule has 0 aromatic heterocycles. The Kier molecular flexibility index (Phi) is 7.40. The maximum atomic E-state index is 12.3. The van der Waals surface area contributed by atoms with Crippen LogP contribution in [0.4, 0.5) is 5.69 Å². The number of rotatable bonds is 7. The predicted octanol–water partition coefficient (Wildman–Crippen LogP) is 1.66. The summed E-state index contributed by atoms with van der Waals surface area (Å²) < 4.78 is 5.41. The van der Waals surface area contributed by atoms with Gasteiger partial charge in [0.1, 0.15) is 0 Å². The van der Waals surface area contributed by atoms with Gasteiger partial charge in [0.05, 0.1) is 19.6 Å². The smallest absolute Gasteiger partial charge is 0.224 e. The van der Waals surface area contributed by atoms with E-state index in [0.717, 1.165) is 37.6 Å². The molecule has 1 unspecified atom stereocenters. The second kappa shape index (κ2) is 9.53. The summed E-state index contributed by atoms with van der Waals surface area (Å²) in [5, 5.41) is 5.78. The summed E-state index contributed by atoms with van der Waals surface area (Å²) in [7, 11) is 0. The van der Waals surface area contributed by atoms with Gasteiger partial charge in [0, 0.05) is 38.3 Å². The highest BCUT2D eigenvalue weighted by atomic mass is 16.5. The minimum Gasteiger partial charge on any atom is -0.379 e. The lowest BCUT2D eigenvalue weighted by Gasteiger charge is -2.36. The van der Waals surface area contributed by atoms with Gasteiger partial charge in [-0.15, -0.1) is 0 Å². The Morgan fingerprint density at radius 2 is 1.80 bits per heavy atom. The van der Waals surface area contributed by atoms with E-state index in [1.54, 1.807) is 0 Å². The van der Waals surface area contributed by atoms with Crippen LogP contribution in [-0.2, 0) is 20.7 Å². The van der Waals surface area contributed by atoms with Crippen molar-refractivity contribution in [3.8, 4) is 0 Å². The molecule has 1 aliphatic rings. The molecule has 1 aromatic carbocycles. The number of ether oxygens (including phenoxy) is 1. The van der Waals surface area contributed by atoms with Gasteiger partial charge in [-0.2, -0.15) is 0 Å². The van der Waals surface area contributed by atoms with Crippen LogP contribution in [0.5, 0.6) is 0 Å². The molecule has 1 aliphatic heterocycles. The Labute approximate surface area is 149 Å². The fourth-order valence-corrected chi connectivity index (χ4v) is 3.07. The lowest BCUT2D eigenvalue weighted by atomic mass is 10.0. The molecule has 138 valence electrons. The molecular weight excluding hydrogens is 318 g/mol. The monoisotopic (exact) mass is 347 g/mol. The predicted molar refractivity (Wildman–Crippen MR) is 98.5 cm³/mol. The first-order chi connectivity index (χ1) is 12.0. The van der Waals surface area contributed by atoms with E-state index >= 15 is 0 Å². The molecule has 2 amide bonds. The number of hydrogen-bond donors (Lipinski definition) is 2. The van der Waals surface area contributed by atoms with E-state index in [9.17, 15) is 9.59 Å². The molecule has 2 N–H and O–H groups in total. The number of nitrogens with one attached hydrogen (secondary N) is 2. The summed E-state index contributed by atoms with van der Waals surface area (Å²) in [4.78, 5) is 25.7. The summed E-state index contributed by atoms with van der Waals surface area (Å²) in [5.74, 6) is 0.384. The number of carbonyl (C=O) groups is 2. The Morgan fingerprint density at radius 1 is 1.16 bits per heavy atom. The number of benzene rings is 1. The van der Waals surface area contributed by atoms with Crippen LogP contribution in [0.3, 0.4) is 0 Å². The Bertz CT molecular complexity index is 566. The van der Waals surface area contributed by atoms with E-state index in [2.05, 4.69) is 29.4 Å². The van der Waals surface area contributed by atoms with E-state index in [1.807, 2.05) is 24.3 Å². The number of morpholine rings is 1. The zero-order valence-corrected chi connectivity index (χ0v) is 15.4. The van der Waals surface area contributed by atoms with Crippen molar-refractivity contribution in [2.24, 2.45) is 5.92 Å². The zero-order chi connectivity index (χ0) is 18.2. The second-order valence-corrected chi connectivity index (χ2v) is 6.82. The molecular formula is C19H29N3O3. The third-order valence-electron chi connectivity index (χ3n) is 4.43. The van der Waals surface area contributed by atoms with E-state index < -0.39 is 0 Å². The number of anilines is 1. The average molecular weight is 347 g/mol. The van der Waals surface area contributed by atoms with Gasteiger partial charge >= 0.3 is 0 Å². The van der Waals surface area contributed by atoms with Crippen molar-refractivity contribution in [1.29, 1.82) is 0 Å². The van der Waals surface area contributed by atoms with Gasteiger partial charge in [0.25, 0.3) is 0 Å². The van der Waals surface area contributed by atoms with Crippen molar-refractivity contribution >= 4 is 17.5 Å². The first-order valence-electron chi connectivity index (χ1n) is 8.90. The quantitative estimate of drug-likeness (QED) is 0.787. The molecule has 0 bridgehead atoms. The van der Waals surface area contributed by atoms with Crippen molar-refractivity contribution in [3.05, 3.63) is 29.8 Å². The molecule has 1 saturated heterocycles. The van der Waals surface area contributed by atoms with Crippen molar-refractivity contribution in [1.82, 2.24) is 10.2 Å². The van der Waals surface area contributed by atoms with E-state index in [1.165, 1.54) is 6.92 Å². The second-order valence-electron chi connectivity index (χ2n) is 6.82. The minimum atomic E-state index is -0.103. The maximum absolute atomic E-state index is 12.3. The van der Waals surface area contributed by atoms with Crippen LogP contribution in [-0.4, -0.2) is 55.6 Å². The highest BCUT2D eigenvalue weighted by Crippen LogP contribution is 2.13. The van der Waals surface area contributed by atoms with Crippen molar-refractivity contribution in [3.63, 3.8) is 0 Å². The number of carbonyl (C=O) groups excluding carboxylic acids is 2. The highest BCUT2D eigenvalue weighted by Gasteiger charge is 2.24. The fraction of sp³-hybridized carbons (Fsp3) is 0.579. The number of hydrogen-bond acceptors (Lipinski definition) is 4. The third kappa shape index (κ3) is 6.48.